The average molecular weight is 682 g/mol. The minimum atomic E-state index is -0.559. The van der Waals surface area contributed by atoms with Crippen LogP contribution in [-0.2, 0) is 38.1 Å². The predicted molar refractivity (Wildman–Crippen MR) is 186 cm³/mol. The highest BCUT2D eigenvalue weighted by Crippen LogP contribution is 2.40. The number of rotatable bonds is 7. The molecule has 11 heteroatoms. The van der Waals surface area contributed by atoms with Crippen molar-refractivity contribution in [2.24, 2.45) is 0 Å². The van der Waals surface area contributed by atoms with Crippen LogP contribution in [0.2, 0.25) is 0 Å². The van der Waals surface area contributed by atoms with E-state index in [-0.39, 0.29) is 64.4 Å². The van der Waals surface area contributed by atoms with Gasteiger partial charge in [0.25, 0.3) is 0 Å². The molecule has 3 rings (SSSR count). The third-order valence-corrected chi connectivity index (χ3v) is 11.5. The second kappa shape index (κ2) is 14.9. The van der Waals surface area contributed by atoms with Gasteiger partial charge in [-0.3, -0.25) is 33.9 Å². The molecule has 0 aromatic rings. The molecule has 0 unspecified atom stereocenters. The molecular formula is C37H67N3O8. The molecule has 0 amide bonds. The fourth-order valence-electron chi connectivity index (χ4n) is 8.08. The maximum absolute atomic E-state index is 12.4. The Hall–Kier alpha value is -2.24. The van der Waals surface area contributed by atoms with Crippen molar-refractivity contribution in [3.05, 3.63) is 0 Å². The Balaban J connectivity index is 0.000000365. The van der Waals surface area contributed by atoms with Gasteiger partial charge in [-0.15, -0.1) is 0 Å². The van der Waals surface area contributed by atoms with Gasteiger partial charge >= 0.3 is 23.9 Å². The van der Waals surface area contributed by atoms with Crippen molar-refractivity contribution in [2.45, 2.75) is 186 Å². The summed E-state index contributed by atoms with van der Waals surface area (Å²) in [6.07, 6.45) is 3.39. The minimum Gasteiger partial charge on any atom is -0.469 e. The zero-order valence-corrected chi connectivity index (χ0v) is 33.0. The summed E-state index contributed by atoms with van der Waals surface area (Å²) in [7, 11) is 7.57. The molecule has 0 aromatic heterocycles. The Morgan fingerprint density at radius 1 is 0.438 bits per heavy atom. The molecule has 0 radical (unpaired) electrons. The maximum atomic E-state index is 12.4. The van der Waals surface area contributed by atoms with Crippen LogP contribution >= 0.6 is 0 Å². The maximum Gasteiger partial charge on any atom is 0.317 e. The monoisotopic (exact) mass is 681 g/mol. The molecule has 0 bridgehead atoms. The van der Waals surface area contributed by atoms with Gasteiger partial charge in [0.2, 0.25) is 0 Å². The number of methoxy groups -OCH3 is 1. The molecule has 0 aromatic carbocycles. The molecule has 3 saturated heterocycles. The van der Waals surface area contributed by atoms with Gasteiger partial charge in [0.15, 0.2) is 0 Å². The number of carbonyl (C=O) groups is 4. The Bertz CT molecular complexity index is 1070. The number of likely N-dealkylation sites (tertiary alicyclic amines) is 3. The summed E-state index contributed by atoms with van der Waals surface area (Å²) in [4.78, 5) is 54.5. The number of ether oxygens (including phenoxy) is 4. The highest BCUT2D eigenvalue weighted by atomic mass is 16.6. The van der Waals surface area contributed by atoms with Gasteiger partial charge < -0.3 is 18.9 Å². The van der Waals surface area contributed by atoms with Gasteiger partial charge in [0, 0.05) is 71.8 Å². The van der Waals surface area contributed by atoms with Crippen LogP contribution < -0.4 is 0 Å². The molecular weight excluding hydrogens is 614 g/mol. The zero-order valence-electron chi connectivity index (χ0n) is 33.0. The molecule has 3 aliphatic rings. The number of nitrogens with zero attached hydrogens (tertiary/aromatic N) is 3. The van der Waals surface area contributed by atoms with Crippen molar-refractivity contribution >= 4 is 23.9 Å². The van der Waals surface area contributed by atoms with E-state index in [0.717, 1.165) is 38.5 Å². The van der Waals surface area contributed by atoms with E-state index in [4.69, 9.17) is 14.2 Å². The van der Waals surface area contributed by atoms with E-state index >= 15 is 0 Å². The first-order chi connectivity index (χ1) is 21.5. The Labute approximate surface area is 290 Å². The second-order valence-electron chi connectivity index (χ2n) is 18.0. The first kappa shape index (κ1) is 41.9. The van der Waals surface area contributed by atoms with Crippen LogP contribution in [0.4, 0.5) is 0 Å². The van der Waals surface area contributed by atoms with E-state index in [0.29, 0.717) is 0 Å². The van der Waals surface area contributed by atoms with Gasteiger partial charge in [0.05, 0.1) is 7.11 Å². The standard InChI is InChI=1S/C23H42N2O4.C14H25NO4/c1-20(2)12-16(13-21(3,4)24(20)9)28-18(26)11-19(27)29-17-14-22(5,6)25(10)23(7,8)15-17;1-13(2)8-10(9-14(3,4)15(13)5)19-12(17)7-11(16)18-6/h16-17H,11-15H2,1-10H3;10H,7-9H2,1-6H3. The van der Waals surface area contributed by atoms with Gasteiger partial charge in [-0.1, -0.05) is 0 Å². The van der Waals surface area contributed by atoms with Gasteiger partial charge in [-0.2, -0.15) is 0 Å². The van der Waals surface area contributed by atoms with E-state index in [9.17, 15) is 19.2 Å². The molecule has 11 nitrogen and oxygen atoms in total. The topological polar surface area (TPSA) is 115 Å². The van der Waals surface area contributed by atoms with Crippen molar-refractivity contribution in [3.63, 3.8) is 0 Å². The molecule has 3 aliphatic heterocycles. The van der Waals surface area contributed by atoms with Gasteiger partial charge in [-0.25, -0.2) is 0 Å². The quantitative estimate of drug-likeness (QED) is 0.193. The van der Waals surface area contributed by atoms with Crippen molar-refractivity contribution < 1.29 is 38.1 Å². The molecule has 3 fully saturated rings. The summed E-state index contributed by atoms with van der Waals surface area (Å²) in [5, 5.41) is 0. The lowest BCUT2D eigenvalue weighted by molar-refractivity contribution is -0.170. The molecule has 3 heterocycles. The van der Waals surface area contributed by atoms with E-state index in [1.54, 1.807) is 0 Å². The SMILES string of the molecule is CN1C(C)(C)CC(OC(=O)CC(=O)OC2CC(C)(C)N(C)C(C)(C)C2)CC1(C)C.COC(=O)CC(=O)OC1CC(C)(C)N(C)C(C)(C)C1. The summed E-state index contributed by atoms with van der Waals surface area (Å²) < 4.78 is 21.3. The molecule has 0 aliphatic carbocycles. The summed E-state index contributed by atoms with van der Waals surface area (Å²) in [6, 6.07) is 0. The zero-order chi connectivity index (χ0) is 37.3. The van der Waals surface area contributed by atoms with Crippen LogP contribution in [0.25, 0.3) is 0 Å². The molecule has 0 N–H and O–H groups in total. The fourth-order valence-corrected chi connectivity index (χ4v) is 8.08. The first-order valence-electron chi connectivity index (χ1n) is 17.4. The Morgan fingerprint density at radius 3 is 0.812 bits per heavy atom. The molecule has 0 atom stereocenters. The summed E-state index contributed by atoms with van der Waals surface area (Å²) in [6.45, 7) is 25.8. The molecule has 278 valence electrons. The number of esters is 4. The van der Waals surface area contributed by atoms with Crippen LogP contribution in [-0.4, -0.2) is 118 Å². The minimum absolute atomic E-state index is 0.0437. The molecule has 48 heavy (non-hydrogen) atoms. The van der Waals surface area contributed by atoms with Gasteiger partial charge in [-0.05, 0) is 104 Å². The fraction of sp³-hybridized carbons (Fsp3) is 0.892. The number of hydrogen-bond donors (Lipinski definition) is 0. The first-order valence-corrected chi connectivity index (χ1v) is 17.4. The van der Waals surface area contributed by atoms with Crippen LogP contribution in [0.15, 0.2) is 0 Å². The lowest BCUT2D eigenvalue weighted by Crippen LogP contribution is -2.60. The highest BCUT2D eigenvalue weighted by Gasteiger charge is 2.47. The molecule has 0 saturated carbocycles. The van der Waals surface area contributed by atoms with Crippen LogP contribution in [0.3, 0.4) is 0 Å². The van der Waals surface area contributed by atoms with E-state index in [2.05, 4.69) is 124 Å². The van der Waals surface area contributed by atoms with Crippen molar-refractivity contribution in [3.8, 4) is 0 Å². The van der Waals surface area contributed by atoms with Crippen molar-refractivity contribution in [1.29, 1.82) is 0 Å². The van der Waals surface area contributed by atoms with Crippen molar-refractivity contribution in [2.75, 3.05) is 28.3 Å². The summed E-state index contributed by atoms with van der Waals surface area (Å²) >= 11 is 0. The summed E-state index contributed by atoms with van der Waals surface area (Å²) in [5.41, 5.74) is -0.371. The smallest absolute Gasteiger partial charge is 0.317 e. The average Bonchev–Trinajstić information content (AvgIpc) is 2.87. The largest absolute Gasteiger partial charge is 0.469 e. The Kier molecular flexibility index (Phi) is 13.0. The van der Waals surface area contributed by atoms with E-state index in [1.807, 2.05) is 0 Å². The van der Waals surface area contributed by atoms with Crippen LogP contribution in [0, 0.1) is 0 Å². The highest BCUT2D eigenvalue weighted by molar-refractivity contribution is 5.91. The van der Waals surface area contributed by atoms with Gasteiger partial charge in [0.1, 0.15) is 31.2 Å². The number of carbonyl (C=O) groups excluding carboxylic acids is 4. The van der Waals surface area contributed by atoms with Crippen molar-refractivity contribution in [1.82, 2.24) is 14.7 Å². The molecule has 0 spiro atoms. The van der Waals surface area contributed by atoms with Crippen LogP contribution in [0.1, 0.15) is 134 Å². The third kappa shape index (κ3) is 10.9. The normalized spacial score (nSPS) is 25.6. The lowest BCUT2D eigenvalue weighted by atomic mass is 9.78. The van der Waals surface area contributed by atoms with E-state index < -0.39 is 23.9 Å². The number of hydrogen-bond acceptors (Lipinski definition) is 11. The van der Waals surface area contributed by atoms with E-state index in [1.165, 1.54) is 7.11 Å². The predicted octanol–water partition coefficient (Wildman–Crippen LogP) is 5.51. The number of piperidine rings is 3. The Morgan fingerprint density at radius 2 is 0.625 bits per heavy atom. The third-order valence-electron chi connectivity index (χ3n) is 11.5. The lowest BCUT2D eigenvalue weighted by Gasteiger charge is -2.53. The second-order valence-corrected chi connectivity index (χ2v) is 18.0. The summed E-state index contributed by atoms with van der Waals surface area (Å²) in [5.74, 6) is -2.03. The van der Waals surface area contributed by atoms with Crippen LogP contribution in [0.5, 0.6) is 0 Å².